The first-order chi connectivity index (χ1) is 10.7. The Morgan fingerprint density at radius 3 is 2.61 bits per heavy atom. The summed E-state index contributed by atoms with van der Waals surface area (Å²) in [5, 5.41) is 9.06. The van der Waals surface area contributed by atoms with Gasteiger partial charge in [-0.3, -0.25) is 14.5 Å². The van der Waals surface area contributed by atoms with Gasteiger partial charge in [0.15, 0.2) is 0 Å². The predicted octanol–water partition coefficient (Wildman–Crippen LogP) is 2.10. The van der Waals surface area contributed by atoms with Gasteiger partial charge in [-0.25, -0.2) is 0 Å². The van der Waals surface area contributed by atoms with Crippen LogP contribution in [0.15, 0.2) is 28.7 Å². The minimum atomic E-state index is -0.464. The molecular formula is C17H16ClNO4. The molecule has 0 saturated heterocycles. The highest BCUT2D eigenvalue weighted by Gasteiger charge is 2.38. The molecular weight excluding hydrogens is 318 g/mol. The van der Waals surface area contributed by atoms with Crippen LogP contribution in [0.2, 0.25) is 0 Å². The Labute approximate surface area is 139 Å². The largest absolute Gasteiger partial charge is 0.459 e. The van der Waals surface area contributed by atoms with Crippen LogP contribution < -0.4 is 0 Å². The number of Topliss-reactive ketones (excluding diaryl/α,β-unsaturated/α-hetero) is 2. The van der Waals surface area contributed by atoms with E-state index in [2.05, 4.69) is 4.90 Å². The molecule has 0 unspecified atom stereocenters. The SMILES string of the molecule is Cl.O=C1C(=O)c2c(oc3c2CCN(CCO)C3)-c2ccccc21. The van der Waals surface area contributed by atoms with Crippen molar-refractivity contribution in [3.8, 4) is 11.3 Å². The maximum absolute atomic E-state index is 12.5. The average Bonchev–Trinajstić information content (AvgIpc) is 2.92. The molecule has 2 heterocycles. The molecule has 23 heavy (non-hydrogen) atoms. The Balaban J connectivity index is 0.00000156. The zero-order chi connectivity index (χ0) is 15.3. The van der Waals surface area contributed by atoms with Crippen molar-refractivity contribution in [1.29, 1.82) is 0 Å². The zero-order valence-electron chi connectivity index (χ0n) is 12.4. The van der Waals surface area contributed by atoms with E-state index in [-0.39, 0.29) is 19.0 Å². The van der Waals surface area contributed by atoms with Gasteiger partial charge >= 0.3 is 0 Å². The lowest BCUT2D eigenvalue weighted by atomic mass is 9.85. The standard InChI is InChI=1S/C17H15NO4.ClH/c19-8-7-18-6-5-12-13(9-18)22-17-11-4-2-1-3-10(11)15(20)16(21)14(12)17;/h1-4,19H,5-9H2;1H. The third-order valence-electron chi connectivity index (χ3n) is 4.40. The van der Waals surface area contributed by atoms with Gasteiger partial charge in [-0.2, -0.15) is 0 Å². The number of aliphatic hydroxyl groups excluding tert-OH is 1. The number of carbonyl (C=O) groups is 2. The molecule has 120 valence electrons. The van der Waals surface area contributed by atoms with Crippen LogP contribution in [0.3, 0.4) is 0 Å². The fourth-order valence-electron chi connectivity index (χ4n) is 3.33. The third-order valence-corrected chi connectivity index (χ3v) is 4.40. The molecule has 1 aliphatic heterocycles. The number of ketones is 2. The highest BCUT2D eigenvalue weighted by Crippen LogP contribution is 2.40. The number of halogens is 1. The van der Waals surface area contributed by atoms with Gasteiger partial charge in [0.1, 0.15) is 11.5 Å². The number of benzene rings is 1. The van der Waals surface area contributed by atoms with E-state index in [1.807, 2.05) is 12.1 Å². The lowest BCUT2D eigenvalue weighted by molar-refractivity contribution is 0.0814. The smallest absolute Gasteiger partial charge is 0.237 e. The predicted molar refractivity (Wildman–Crippen MR) is 86.1 cm³/mol. The van der Waals surface area contributed by atoms with Crippen molar-refractivity contribution < 1.29 is 19.1 Å². The van der Waals surface area contributed by atoms with E-state index in [1.54, 1.807) is 12.1 Å². The van der Waals surface area contributed by atoms with Crippen molar-refractivity contribution in [3.63, 3.8) is 0 Å². The van der Waals surface area contributed by atoms with Crippen LogP contribution in [-0.2, 0) is 13.0 Å². The topological polar surface area (TPSA) is 70.8 Å². The lowest BCUT2D eigenvalue weighted by Gasteiger charge is -2.25. The van der Waals surface area contributed by atoms with Crippen molar-refractivity contribution in [3.05, 3.63) is 46.7 Å². The van der Waals surface area contributed by atoms with E-state index in [1.165, 1.54) is 0 Å². The fourth-order valence-corrected chi connectivity index (χ4v) is 3.33. The van der Waals surface area contributed by atoms with Crippen molar-refractivity contribution >= 4 is 24.0 Å². The number of rotatable bonds is 2. The maximum atomic E-state index is 12.5. The summed E-state index contributed by atoms with van der Waals surface area (Å²) >= 11 is 0. The molecule has 0 bridgehead atoms. The summed E-state index contributed by atoms with van der Waals surface area (Å²) in [5.74, 6) is 0.345. The second-order valence-corrected chi connectivity index (χ2v) is 5.66. The Hall–Kier alpha value is -1.95. The molecule has 1 aromatic carbocycles. The maximum Gasteiger partial charge on any atom is 0.237 e. The Bertz CT molecular complexity index is 796. The van der Waals surface area contributed by atoms with Gasteiger partial charge < -0.3 is 9.52 Å². The summed E-state index contributed by atoms with van der Waals surface area (Å²) < 4.78 is 5.95. The molecule has 0 saturated carbocycles. The molecule has 0 amide bonds. The Morgan fingerprint density at radius 1 is 1.13 bits per heavy atom. The van der Waals surface area contributed by atoms with Crippen LogP contribution in [0.5, 0.6) is 0 Å². The number of β-amino-alcohol motifs (C(OH)–C–C–N with tert-alkyl or cyclic N) is 1. The summed E-state index contributed by atoms with van der Waals surface area (Å²) in [6, 6.07) is 7.07. The molecule has 0 fully saturated rings. The second kappa shape index (κ2) is 5.92. The molecule has 6 heteroatoms. The number of nitrogens with zero attached hydrogens (tertiary/aromatic N) is 1. The molecule has 4 rings (SSSR count). The number of carbonyl (C=O) groups excluding carboxylic acids is 2. The van der Waals surface area contributed by atoms with Gasteiger partial charge in [-0.15, -0.1) is 12.4 Å². The first-order valence-corrected chi connectivity index (χ1v) is 7.37. The number of aliphatic hydroxyl groups is 1. The first kappa shape index (κ1) is 15.9. The van der Waals surface area contributed by atoms with Crippen molar-refractivity contribution in [2.45, 2.75) is 13.0 Å². The monoisotopic (exact) mass is 333 g/mol. The van der Waals surface area contributed by atoms with Gasteiger partial charge in [0, 0.05) is 29.8 Å². The van der Waals surface area contributed by atoms with Crippen molar-refractivity contribution in [1.82, 2.24) is 4.90 Å². The van der Waals surface area contributed by atoms with E-state index in [4.69, 9.17) is 9.52 Å². The van der Waals surface area contributed by atoms with E-state index in [9.17, 15) is 9.59 Å². The van der Waals surface area contributed by atoms with Crippen LogP contribution in [0.25, 0.3) is 11.3 Å². The normalized spacial score (nSPS) is 16.4. The van der Waals surface area contributed by atoms with Crippen molar-refractivity contribution in [2.24, 2.45) is 0 Å². The van der Waals surface area contributed by atoms with Crippen LogP contribution in [0.1, 0.15) is 32.0 Å². The second-order valence-electron chi connectivity index (χ2n) is 5.66. The Kier molecular flexibility index (Phi) is 4.10. The molecule has 0 spiro atoms. The molecule has 5 nitrogen and oxygen atoms in total. The summed E-state index contributed by atoms with van der Waals surface area (Å²) in [6.07, 6.45) is 0.662. The fraction of sp³-hybridized carbons (Fsp3) is 0.294. The first-order valence-electron chi connectivity index (χ1n) is 7.37. The Morgan fingerprint density at radius 2 is 1.87 bits per heavy atom. The highest BCUT2D eigenvalue weighted by molar-refractivity contribution is 6.53. The summed E-state index contributed by atoms with van der Waals surface area (Å²) in [5.41, 5.74) is 2.42. The molecule has 2 aliphatic rings. The minimum Gasteiger partial charge on any atom is -0.459 e. The minimum absolute atomic E-state index is 0. The van der Waals surface area contributed by atoms with E-state index >= 15 is 0 Å². The molecule has 1 aliphatic carbocycles. The number of furan rings is 1. The van der Waals surface area contributed by atoms with E-state index in [0.717, 1.165) is 17.9 Å². The average molecular weight is 334 g/mol. The molecule has 0 atom stereocenters. The van der Waals surface area contributed by atoms with Gasteiger partial charge in [-0.05, 0) is 6.42 Å². The van der Waals surface area contributed by atoms with Gasteiger partial charge in [0.25, 0.3) is 0 Å². The van der Waals surface area contributed by atoms with Gasteiger partial charge in [-0.1, -0.05) is 24.3 Å². The van der Waals surface area contributed by atoms with E-state index in [0.29, 0.717) is 42.0 Å². The quantitative estimate of drug-likeness (QED) is 0.852. The lowest BCUT2D eigenvalue weighted by Crippen LogP contribution is -2.33. The van der Waals surface area contributed by atoms with E-state index < -0.39 is 11.6 Å². The third kappa shape index (κ3) is 2.32. The van der Waals surface area contributed by atoms with Gasteiger partial charge in [0.2, 0.25) is 11.6 Å². The van der Waals surface area contributed by atoms with Crippen LogP contribution in [0, 0.1) is 0 Å². The molecule has 1 N–H and O–H groups in total. The number of hydrogen-bond donors (Lipinski definition) is 1. The van der Waals surface area contributed by atoms with Crippen LogP contribution >= 0.6 is 12.4 Å². The highest BCUT2D eigenvalue weighted by atomic mass is 35.5. The number of hydrogen-bond acceptors (Lipinski definition) is 5. The summed E-state index contributed by atoms with van der Waals surface area (Å²) in [7, 11) is 0. The zero-order valence-corrected chi connectivity index (χ0v) is 13.2. The van der Waals surface area contributed by atoms with Crippen LogP contribution in [0.4, 0.5) is 0 Å². The number of fused-ring (bicyclic) bond motifs is 5. The summed E-state index contributed by atoms with van der Waals surface area (Å²) in [4.78, 5) is 26.8. The van der Waals surface area contributed by atoms with Gasteiger partial charge in [0.05, 0.1) is 18.7 Å². The molecule has 0 radical (unpaired) electrons. The summed E-state index contributed by atoms with van der Waals surface area (Å²) in [6.45, 7) is 1.99. The van der Waals surface area contributed by atoms with Crippen LogP contribution in [-0.4, -0.2) is 41.3 Å². The van der Waals surface area contributed by atoms with Crippen molar-refractivity contribution in [2.75, 3.05) is 19.7 Å². The molecule has 1 aromatic heterocycles. The molecule has 2 aromatic rings.